The molecule has 0 saturated carbocycles. The van der Waals surface area contributed by atoms with E-state index in [0.29, 0.717) is 0 Å². The smallest absolute Gasteiger partial charge is 0.296 e. The van der Waals surface area contributed by atoms with E-state index in [1.165, 1.54) is 36.9 Å². The van der Waals surface area contributed by atoms with Gasteiger partial charge in [-0.15, -0.1) is 10.2 Å². The second kappa shape index (κ2) is 5.74. The van der Waals surface area contributed by atoms with Gasteiger partial charge >= 0.3 is 0 Å². The molecule has 0 radical (unpaired) electrons. The molecule has 3 aromatic heterocycles. The number of rotatable bonds is 3. The number of carbonyl (C=O) groups excluding carboxylic acids is 1. The molecule has 22 heavy (non-hydrogen) atoms. The number of carbonyl (C=O) groups is 1. The van der Waals surface area contributed by atoms with Gasteiger partial charge in [-0.05, 0) is 12.1 Å². The van der Waals surface area contributed by atoms with E-state index in [4.69, 9.17) is 11.6 Å². The van der Waals surface area contributed by atoms with Crippen molar-refractivity contribution in [3.05, 3.63) is 58.1 Å². The van der Waals surface area contributed by atoms with Gasteiger partial charge in [-0.1, -0.05) is 11.6 Å². The number of hydrogen-bond acceptors (Lipinski definition) is 6. The lowest BCUT2D eigenvalue weighted by molar-refractivity contribution is 0.102. The molecule has 0 aliphatic rings. The lowest BCUT2D eigenvalue weighted by Gasteiger charge is -2.00. The zero-order valence-corrected chi connectivity index (χ0v) is 11.7. The van der Waals surface area contributed by atoms with Gasteiger partial charge < -0.3 is 5.32 Å². The van der Waals surface area contributed by atoms with Crippen LogP contribution in [-0.4, -0.2) is 35.9 Å². The average Bonchev–Trinajstić information content (AvgIpc) is 2.90. The van der Waals surface area contributed by atoms with Crippen molar-refractivity contribution in [1.82, 2.24) is 29.9 Å². The van der Waals surface area contributed by atoms with E-state index < -0.39 is 11.5 Å². The molecule has 0 aliphatic heterocycles. The predicted molar refractivity (Wildman–Crippen MR) is 77.0 cm³/mol. The number of nitrogens with one attached hydrogen (secondary N) is 2. The van der Waals surface area contributed by atoms with Crippen LogP contribution in [-0.2, 0) is 0 Å². The SMILES string of the molecule is O=C(Nc1c[nH]n(-c2ccc(Cl)nn2)c1=O)c1cnccn1. The van der Waals surface area contributed by atoms with E-state index in [2.05, 4.69) is 30.6 Å². The summed E-state index contributed by atoms with van der Waals surface area (Å²) in [6, 6.07) is 3.01. The molecular weight excluding hydrogens is 310 g/mol. The van der Waals surface area contributed by atoms with E-state index in [1.807, 2.05) is 0 Å². The molecule has 1 amide bonds. The fourth-order valence-electron chi connectivity index (χ4n) is 1.66. The molecule has 2 N–H and O–H groups in total. The van der Waals surface area contributed by atoms with Crippen molar-refractivity contribution in [2.75, 3.05) is 5.32 Å². The summed E-state index contributed by atoms with van der Waals surface area (Å²) in [4.78, 5) is 31.8. The van der Waals surface area contributed by atoms with Gasteiger partial charge in [0.2, 0.25) is 0 Å². The predicted octanol–water partition coefficient (Wildman–Crippen LogP) is 0.651. The number of anilines is 1. The van der Waals surface area contributed by atoms with Crippen LogP contribution in [0, 0.1) is 0 Å². The Morgan fingerprint density at radius 1 is 1.27 bits per heavy atom. The first-order chi connectivity index (χ1) is 10.6. The molecule has 0 bridgehead atoms. The molecule has 0 fully saturated rings. The van der Waals surface area contributed by atoms with E-state index in [-0.39, 0.29) is 22.4 Å². The summed E-state index contributed by atoms with van der Waals surface area (Å²) in [7, 11) is 0. The van der Waals surface area contributed by atoms with Gasteiger partial charge in [0, 0.05) is 18.6 Å². The number of aromatic nitrogens is 6. The van der Waals surface area contributed by atoms with Crippen LogP contribution in [0.1, 0.15) is 10.5 Å². The van der Waals surface area contributed by atoms with Gasteiger partial charge in [0.15, 0.2) is 11.0 Å². The summed E-state index contributed by atoms with van der Waals surface area (Å²) < 4.78 is 1.12. The second-order valence-corrected chi connectivity index (χ2v) is 4.47. The van der Waals surface area contributed by atoms with Crippen LogP contribution in [0.3, 0.4) is 0 Å². The largest absolute Gasteiger partial charge is 0.315 e. The highest BCUT2D eigenvalue weighted by Gasteiger charge is 2.14. The highest BCUT2D eigenvalue weighted by Crippen LogP contribution is 2.07. The van der Waals surface area contributed by atoms with Gasteiger partial charge in [0.1, 0.15) is 11.4 Å². The fourth-order valence-corrected chi connectivity index (χ4v) is 1.76. The Labute approximate surface area is 128 Å². The summed E-state index contributed by atoms with van der Waals surface area (Å²) in [5.74, 6) is -0.298. The van der Waals surface area contributed by atoms with E-state index >= 15 is 0 Å². The Kier molecular flexibility index (Phi) is 3.62. The molecule has 0 unspecified atom stereocenters. The summed E-state index contributed by atoms with van der Waals surface area (Å²) >= 11 is 5.64. The number of aromatic amines is 1. The fraction of sp³-hybridized carbons (Fsp3) is 0. The van der Waals surface area contributed by atoms with Gasteiger partial charge in [-0.2, -0.15) is 4.68 Å². The minimum Gasteiger partial charge on any atom is -0.315 e. The first kappa shape index (κ1) is 13.9. The molecule has 3 heterocycles. The number of amides is 1. The van der Waals surface area contributed by atoms with Crippen molar-refractivity contribution in [1.29, 1.82) is 0 Å². The Morgan fingerprint density at radius 3 is 2.82 bits per heavy atom. The summed E-state index contributed by atoms with van der Waals surface area (Å²) in [5.41, 5.74) is -0.345. The molecule has 0 spiro atoms. The van der Waals surface area contributed by atoms with Crippen molar-refractivity contribution in [2.24, 2.45) is 0 Å². The van der Waals surface area contributed by atoms with Crippen LogP contribution in [0.25, 0.3) is 5.82 Å². The van der Waals surface area contributed by atoms with Crippen molar-refractivity contribution in [3.8, 4) is 5.82 Å². The van der Waals surface area contributed by atoms with Gasteiger partial charge in [0.25, 0.3) is 11.5 Å². The molecule has 0 atom stereocenters. The maximum Gasteiger partial charge on any atom is 0.296 e. The molecule has 9 nitrogen and oxygen atoms in total. The Bertz CT molecular complexity index is 857. The summed E-state index contributed by atoms with van der Waals surface area (Å²) in [5, 5.41) is 12.7. The normalized spacial score (nSPS) is 10.4. The van der Waals surface area contributed by atoms with Gasteiger partial charge in [-0.3, -0.25) is 19.7 Å². The van der Waals surface area contributed by atoms with Crippen LogP contribution in [0.2, 0.25) is 5.15 Å². The number of nitrogens with zero attached hydrogens (tertiary/aromatic N) is 5. The number of H-pyrrole nitrogens is 1. The summed E-state index contributed by atoms with van der Waals surface area (Å²) in [6.07, 6.45) is 5.46. The molecule has 110 valence electrons. The maximum absolute atomic E-state index is 12.2. The Morgan fingerprint density at radius 2 is 2.14 bits per heavy atom. The first-order valence-electron chi connectivity index (χ1n) is 6.02. The van der Waals surface area contributed by atoms with E-state index in [9.17, 15) is 9.59 Å². The van der Waals surface area contributed by atoms with E-state index in [0.717, 1.165) is 4.68 Å². The van der Waals surface area contributed by atoms with Gasteiger partial charge in [0.05, 0.1) is 6.20 Å². The number of hydrogen-bond donors (Lipinski definition) is 2. The van der Waals surface area contributed by atoms with E-state index in [1.54, 1.807) is 0 Å². The second-order valence-electron chi connectivity index (χ2n) is 4.09. The molecule has 3 aromatic rings. The van der Waals surface area contributed by atoms with Crippen LogP contribution < -0.4 is 10.9 Å². The van der Waals surface area contributed by atoms with Crippen molar-refractivity contribution < 1.29 is 4.79 Å². The highest BCUT2D eigenvalue weighted by molar-refractivity contribution is 6.29. The van der Waals surface area contributed by atoms with Crippen LogP contribution in [0.15, 0.2) is 41.7 Å². The highest BCUT2D eigenvalue weighted by atomic mass is 35.5. The lowest BCUT2D eigenvalue weighted by Crippen LogP contribution is -2.22. The molecule has 0 aliphatic carbocycles. The molecule has 0 aromatic carbocycles. The zero-order chi connectivity index (χ0) is 15.5. The average molecular weight is 318 g/mol. The molecular formula is C12H8ClN7O2. The first-order valence-corrected chi connectivity index (χ1v) is 6.40. The molecule has 3 rings (SSSR count). The number of halogens is 1. The lowest BCUT2D eigenvalue weighted by atomic mass is 10.4. The third-order valence-electron chi connectivity index (χ3n) is 2.66. The minimum atomic E-state index is -0.543. The maximum atomic E-state index is 12.2. The van der Waals surface area contributed by atoms with Gasteiger partial charge in [-0.25, -0.2) is 4.98 Å². The standard InChI is InChI=1S/C12H8ClN7O2/c13-9-1-2-10(19-18-9)20-12(22)8(6-16-20)17-11(21)7-5-14-3-4-15-7/h1-6,16H,(H,17,21). The molecule has 10 heteroatoms. The monoisotopic (exact) mass is 317 g/mol. The quantitative estimate of drug-likeness (QED) is 0.732. The summed E-state index contributed by atoms with van der Waals surface area (Å²) in [6.45, 7) is 0. The van der Waals surface area contributed by atoms with Crippen LogP contribution >= 0.6 is 11.6 Å². The van der Waals surface area contributed by atoms with Crippen molar-refractivity contribution >= 4 is 23.2 Å². The third kappa shape index (κ3) is 2.69. The Hall–Kier alpha value is -3.07. The zero-order valence-electron chi connectivity index (χ0n) is 10.9. The minimum absolute atomic E-state index is 0.0485. The van der Waals surface area contributed by atoms with Crippen molar-refractivity contribution in [3.63, 3.8) is 0 Å². The van der Waals surface area contributed by atoms with Crippen LogP contribution in [0.5, 0.6) is 0 Å². The van der Waals surface area contributed by atoms with Crippen molar-refractivity contribution in [2.45, 2.75) is 0 Å². The Balaban J connectivity index is 1.86. The topological polar surface area (TPSA) is 118 Å². The molecule has 0 saturated heterocycles. The van der Waals surface area contributed by atoms with Crippen LogP contribution in [0.4, 0.5) is 5.69 Å². The third-order valence-corrected chi connectivity index (χ3v) is 2.86.